The molecule has 10 heteroatoms. The number of carbonyl (C=O) groups excluding carboxylic acids is 1. The van der Waals surface area contributed by atoms with Crippen LogP contribution in [-0.2, 0) is 14.8 Å². The highest BCUT2D eigenvalue weighted by atomic mass is 32.2. The van der Waals surface area contributed by atoms with Crippen molar-refractivity contribution < 1.29 is 31.5 Å². The first-order valence-corrected chi connectivity index (χ1v) is 11.9. The van der Waals surface area contributed by atoms with Crippen molar-refractivity contribution in [1.82, 2.24) is 5.32 Å². The zero-order chi connectivity index (χ0) is 24.3. The molecule has 0 saturated carbocycles. The van der Waals surface area contributed by atoms with Gasteiger partial charge >= 0.3 is 0 Å². The molecule has 0 unspecified atom stereocenters. The number of fused-ring (bicyclic) bond motifs is 1. The topological polar surface area (TPSA) is 84.9 Å². The molecule has 0 radical (unpaired) electrons. The van der Waals surface area contributed by atoms with E-state index in [1.165, 1.54) is 54.6 Å². The van der Waals surface area contributed by atoms with E-state index >= 15 is 0 Å². The molecule has 0 bridgehead atoms. The molecular formula is C24H22F2N2O5S. The number of hydrogen-bond donors (Lipinski definition) is 1. The first kappa shape index (κ1) is 23.5. The van der Waals surface area contributed by atoms with Crippen LogP contribution in [0.15, 0.2) is 71.6 Å². The minimum atomic E-state index is -4.24. The average Bonchev–Trinajstić information content (AvgIpc) is 2.83. The minimum Gasteiger partial charge on any atom is -0.486 e. The van der Waals surface area contributed by atoms with Gasteiger partial charge in [0.25, 0.3) is 10.0 Å². The summed E-state index contributed by atoms with van der Waals surface area (Å²) in [5.41, 5.74) is 0.763. The number of rotatable bonds is 7. The van der Waals surface area contributed by atoms with Gasteiger partial charge in [0.05, 0.1) is 16.6 Å². The molecule has 1 amide bonds. The lowest BCUT2D eigenvalue weighted by atomic mass is 10.1. The van der Waals surface area contributed by atoms with Crippen LogP contribution in [0, 0.1) is 11.6 Å². The van der Waals surface area contributed by atoms with Gasteiger partial charge < -0.3 is 14.8 Å². The van der Waals surface area contributed by atoms with Gasteiger partial charge in [0.1, 0.15) is 31.4 Å². The van der Waals surface area contributed by atoms with Crippen molar-refractivity contribution >= 4 is 21.6 Å². The lowest BCUT2D eigenvalue weighted by molar-refractivity contribution is -0.120. The van der Waals surface area contributed by atoms with Crippen molar-refractivity contribution in [3.05, 3.63) is 83.9 Å². The van der Waals surface area contributed by atoms with Gasteiger partial charge in [-0.3, -0.25) is 9.10 Å². The Morgan fingerprint density at radius 1 is 0.941 bits per heavy atom. The molecule has 1 aliphatic heterocycles. The molecule has 1 aliphatic rings. The third kappa shape index (κ3) is 5.12. The minimum absolute atomic E-state index is 0.111. The van der Waals surface area contributed by atoms with Crippen LogP contribution >= 0.6 is 0 Å². The van der Waals surface area contributed by atoms with Crippen LogP contribution in [-0.4, -0.2) is 34.1 Å². The maximum Gasteiger partial charge on any atom is 0.264 e. The molecule has 34 heavy (non-hydrogen) atoms. The second-order valence-corrected chi connectivity index (χ2v) is 9.50. The normalized spacial score (nSPS) is 13.7. The van der Waals surface area contributed by atoms with Crippen LogP contribution in [0.3, 0.4) is 0 Å². The molecule has 1 heterocycles. The summed E-state index contributed by atoms with van der Waals surface area (Å²) >= 11 is 0. The van der Waals surface area contributed by atoms with Crippen LogP contribution in [0.2, 0.25) is 0 Å². The largest absolute Gasteiger partial charge is 0.486 e. The number of sulfonamides is 1. The van der Waals surface area contributed by atoms with Gasteiger partial charge in [0.15, 0.2) is 11.5 Å². The number of benzene rings is 3. The molecule has 178 valence electrons. The predicted molar refractivity (Wildman–Crippen MR) is 121 cm³/mol. The summed E-state index contributed by atoms with van der Waals surface area (Å²) in [5.74, 6) is -0.850. The Balaban J connectivity index is 1.62. The molecule has 0 spiro atoms. The van der Waals surface area contributed by atoms with Gasteiger partial charge in [-0.15, -0.1) is 0 Å². The number of amides is 1. The maximum absolute atomic E-state index is 13.5. The highest BCUT2D eigenvalue weighted by molar-refractivity contribution is 7.92. The summed E-state index contributed by atoms with van der Waals surface area (Å²) in [5, 5.41) is 2.71. The zero-order valence-corrected chi connectivity index (χ0v) is 19.0. The highest BCUT2D eigenvalue weighted by Crippen LogP contribution is 2.34. The number of nitrogens with zero attached hydrogens (tertiary/aromatic N) is 1. The van der Waals surface area contributed by atoms with Crippen molar-refractivity contribution in [1.29, 1.82) is 0 Å². The molecule has 3 aromatic carbocycles. The fourth-order valence-electron chi connectivity index (χ4n) is 3.49. The molecule has 0 fully saturated rings. The fourth-order valence-corrected chi connectivity index (χ4v) is 4.92. The Morgan fingerprint density at radius 3 is 2.18 bits per heavy atom. The Kier molecular flexibility index (Phi) is 6.69. The van der Waals surface area contributed by atoms with Gasteiger partial charge in [0, 0.05) is 6.07 Å². The van der Waals surface area contributed by atoms with Crippen LogP contribution in [0.25, 0.3) is 0 Å². The number of halogens is 2. The van der Waals surface area contributed by atoms with Crippen molar-refractivity contribution in [3.63, 3.8) is 0 Å². The second kappa shape index (κ2) is 9.68. The third-order valence-electron chi connectivity index (χ3n) is 5.25. The Labute approximate surface area is 196 Å². The fraction of sp³-hybridized carbons (Fsp3) is 0.208. The van der Waals surface area contributed by atoms with Crippen LogP contribution in [0.5, 0.6) is 11.5 Å². The summed E-state index contributed by atoms with van der Waals surface area (Å²) < 4.78 is 65.6. The van der Waals surface area contributed by atoms with Crippen molar-refractivity contribution in [2.45, 2.75) is 17.9 Å². The lowest BCUT2D eigenvalue weighted by Gasteiger charge is -2.26. The third-order valence-corrected chi connectivity index (χ3v) is 7.02. The van der Waals surface area contributed by atoms with Gasteiger partial charge in [0.2, 0.25) is 5.91 Å². The summed E-state index contributed by atoms with van der Waals surface area (Å²) in [7, 11) is -4.24. The van der Waals surface area contributed by atoms with E-state index in [1.807, 2.05) is 0 Å². The molecule has 4 rings (SSSR count). The Morgan fingerprint density at radius 2 is 1.53 bits per heavy atom. The quantitative estimate of drug-likeness (QED) is 0.547. The summed E-state index contributed by atoms with van der Waals surface area (Å²) in [4.78, 5) is 12.7. The number of nitrogens with one attached hydrogen (secondary N) is 1. The SMILES string of the molecule is C[C@H](NC(=O)CN(c1ccc(F)cc1)S(=O)(=O)c1ccc2c(c1)OCCO2)c1ccc(F)cc1. The van der Waals surface area contributed by atoms with Crippen LogP contribution in [0.4, 0.5) is 14.5 Å². The molecule has 0 saturated heterocycles. The van der Waals surface area contributed by atoms with Gasteiger partial charge in [-0.05, 0) is 61.0 Å². The van der Waals surface area contributed by atoms with Crippen LogP contribution < -0.4 is 19.1 Å². The molecule has 1 N–H and O–H groups in total. The maximum atomic E-state index is 13.5. The Hall–Kier alpha value is -3.66. The molecular weight excluding hydrogens is 466 g/mol. The second-order valence-electron chi connectivity index (χ2n) is 7.63. The van der Waals surface area contributed by atoms with Gasteiger partial charge in [-0.1, -0.05) is 12.1 Å². The molecule has 3 aromatic rings. The number of carbonyl (C=O) groups is 1. The first-order valence-electron chi connectivity index (χ1n) is 10.5. The van der Waals surface area contributed by atoms with E-state index in [-0.39, 0.29) is 22.9 Å². The average molecular weight is 489 g/mol. The smallest absolute Gasteiger partial charge is 0.264 e. The van der Waals surface area contributed by atoms with Gasteiger partial charge in [-0.25, -0.2) is 17.2 Å². The van der Waals surface area contributed by atoms with Crippen molar-refractivity contribution in [2.24, 2.45) is 0 Å². The van der Waals surface area contributed by atoms with E-state index < -0.39 is 40.2 Å². The van der Waals surface area contributed by atoms with E-state index in [0.717, 1.165) is 16.4 Å². The Bertz CT molecular complexity index is 1280. The molecule has 1 atom stereocenters. The number of ether oxygens (including phenoxy) is 2. The predicted octanol–water partition coefficient (Wildman–Crippen LogP) is 3.81. The number of hydrogen-bond acceptors (Lipinski definition) is 5. The van der Waals surface area contributed by atoms with E-state index in [4.69, 9.17) is 9.47 Å². The van der Waals surface area contributed by atoms with Gasteiger partial charge in [-0.2, -0.15) is 0 Å². The van der Waals surface area contributed by atoms with Crippen molar-refractivity contribution in [2.75, 3.05) is 24.1 Å². The molecule has 7 nitrogen and oxygen atoms in total. The van der Waals surface area contributed by atoms with E-state index in [9.17, 15) is 22.0 Å². The summed E-state index contributed by atoms with van der Waals surface area (Å²) in [6.45, 7) is 1.77. The van der Waals surface area contributed by atoms with E-state index in [2.05, 4.69) is 5.32 Å². The first-order chi connectivity index (χ1) is 16.2. The summed E-state index contributed by atoms with van der Waals surface area (Å²) in [6, 6.07) is 14.1. The van der Waals surface area contributed by atoms with Crippen LogP contribution in [0.1, 0.15) is 18.5 Å². The van der Waals surface area contributed by atoms with E-state index in [0.29, 0.717) is 17.9 Å². The lowest BCUT2D eigenvalue weighted by Crippen LogP contribution is -2.41. The zero-order valence-electron chi connectivity index (χ0n) is 18.2. The molecule has 0 aromatic heterocycles. The number of anilines is 1. The standard InChI is InChI=1S/C24H22F2N2O5S/c1-16(17-2-4-18(25)5-3-17)27-24(29)15-28(20-8-6-19(26)7-9-20)34(30,31)21-10-11-22-23(14-21)33-13-12-32-22/h2-11,14,16H,12-13,15H2,1H3,(H,27,29)/t16-/m0/s1. The highest BCUT2D eigenvalue weighted by Gasteiger charge is 2.29. The monoisotopic (exact) mass is 488 g/mol. The van der Waals surface area contributed by atoms with E-state index in [1.54, 1.807) is 6.92 Å². The summed E-state index contributed by atoms with van der Waals surface area (Å²) in [6.07, 6.45) is 0. The van der Waals surface area contributed by atoms with Crippen molar-refractivity contribution in [3.8, 4) is 11.5 Å². The molecule has 0 aliphatic carbocycles.